The normalized spacial score (nSPS) is 10.3. The lowest BCUT2D eigenvalue weighted by molar-refractivity contribution is 0.250. The van der Waals surface area contributed by atoms with Gasteiger partial charge in [0.1, 0.15) is 5.82 Å². The molecule has 5 heteroatoms. The van der Waals surface area contributed by atoms with Crippen LogP contribution in [0.4, 0.5) is 22.0 Å². The molecule has 0 atom stereocenters. The number of amides is 2. The van der Waals surface area contributed by atoms with Crippen LogP contribution in [0, 0.1) is 6.92 Å². The number of para-hydroxylation sites is 1. The van der Waals surface area contributed by atoms with Crippen LogP contribution in [0.1, 0.15) is 19.4 Å². The summed E-state index contributed by atoms with van der Waals surface area (Å²) in [5.41, 5.74) is 2.82. The van der Waals surface area contributed by atoms with Crippen molar-refractivity contribution >= 4 is 23.2 Å². The maximum Gasteiger partial charge on any atom is 0.319 e. The maximum atomic E-state index is 11.6. The van der Waals surface area contributed by atoms with Crippen molar-refractivity contribution in [3.8, 4) is 0 Å². The van der Waals surface area contributed by atoms with Crippen molar-refractivity contribution < 1.29 is 4.79 Å². The van der Waals surface area contributed by atoms with Crippen LogP contribution in [0.2, 0.25) is 0 Å². The minimum absolute atomic E-state index is 0.0972. The van der Waals surface area contributed by atoms with Crippen LogP contribution in [0.3, 0.4) is 0 Å². The van der Waals surface area contributed by atoms with E-state index in [-0.39, 0.29) is 12.1 Å². The van der Waals surface area contributed by atoms with E-state index in [1.165, 1.54) is 0 Å². The number of urea groups is 1. The average Bonchev–Trinajstić information content (AvgIpc) is 2.42. The summed E-state index contributed by atoms with van der Waals surface area (Å²) in [6, 6.07) is 11.5. The van der Waals surface area contributed by atoms with Crippen molar-refractivity contribution in [2.45, 2.75) is 26.8 Å². The van der Waals surface area contributed by atoms with Crippen molar-refractivity contribution in [2.75, 3.05) is 10.6 Å². The van der Waals surface area contributed by atoms with E-state index in [0.717, 1.165) is 17.1 Å². The molecule has 0 bridgehead atoms. The summed E-state index contributed by atoms with van der Waals surface area (Å²) in [7, 11) is 0. The molecule has 0 saturated heterocycles. The van der Waals surface area contributed by atoms with Gasteiger partial charge in [0.15, 0.2) is 0 Å². The van der Waals surface area contributed by atoms with Gasteiger partial charge in [-0.25, -0.2) is 9.78 Å². The molecule has 0 aliphatic rings. The number of aryl methyl sites for hydroxylation is 1. The zero-order valence-electron chi connectivity index (χ0n) is 12.5. The van der Waals surface area contributed by atoms with Crippen molar-refractivity contribution in [3.63, 3.8) is 0 Å². The van der Waals surface area contributed by atoms with Crippen LogP contribution >= 0.6 is 0 Å². The highest BCUT2D eigenvalue weighted by Crippen LogP contribution is 2.19. The molecule has 2 aromatic rings. The lowest BCUT2D eigenvalue weighted by Crippen LogP contribution is -2.34. The highest BCUT2D eigenvalue weighted by atomic mass is 16.2. The Morgan fingerprint density at radius 1 is 1.14 bits per heavy atom. The van der Waals surface area contributed by atoms with Crippen molar-refractivity contribution in [1.29, 1.82) is 0 Å². The molecule has 0 aliphatic heterocycles. The topological polar surface area (TPSA) is 66.0 Å². The largest absolute Gasteiger partial charge is 0.340 e. The Morgan fingerprint density at radius 2 is 1.90 bits per heavy atom. The first kappa shape index (κ1) is 14.8. The summed E-state index contributed by atoms with van der Waals surface area (Å²) in [4.78, 5) is 15.9. The van der Waals surface area contributed by atoms with E-state index >= 15 is 0 Å². The molecule has 1 heterocycles. The van der Waals surface area contributed by atoms with Crippen molar-refractivity contribution in [1.82, 2.24) is 10.3 Å². The summed E-state index contributed by atoms with van der Waals surface area (Å²) in [6.45, 7) is 5.86. The van der Waals surface area contributed by atoms with E-state index in [2.05, 4.69) is 20.9 Å². The predicted octanol–water partition coefficient (Wildman–Crippen LogP) is 3.66. The van der Waals surface area contributed by atoms with Crippen LogP contribution in [-0.4, -0.2) is 17.1 Å². The molecule has 110 valence electrons. The average molecular weight is 284 g/mol. The summed E-state index contributed by atoms with van der Waals surface area (Å²) in [5, 5.41) is 8.74. The van der Waals surface area contributed by atoms with E-state index < -0.39 is 0 Å². The van der Waals surface area contributed by atoms with Gasteiger partial charge in [0, 0.05) is 11.7 Å². The summed E-state index contributed by atoms with van der Waals surface area (Å²) in [6.07, 6.45) is 1.63. The minimum Gasteiger partial charge on any atom is -0.340 e. The van der Waals surface area contributed by atoms with E-state index in [1.807, 2.05) is 57.2 Å². The third-order valence-electron chi connectivity index (χ3n) is 2.85. The Bertz CT molecular complexity index is 608. The third-order valence-corrected chi connectivity index (χ3v) is 2.85. The number of rotatable bonds is 4. The van der Waals surface area contributed by atoms with Crippen molar-refractivity contribution in [2.24, 2.45) is 0 Å². The number of hydrogen-bond acceptors (Lipinski definition) is 3. The third kappa shape index (κ3) is 4.49. The number of benzene rings is 1. The first-order valence-corrected chi connectivity index (χ1v) is 6.91. The van der Waals surface area contributed by atoms with Gasteiger partial charge in [-0.2, -0.15) is 0 Å². The molecule has 0 aliphatic carbocycles. The van der Waals surface area contributed by atoms with E-state index in [1.54, 1.807) is 6.20 Å². The Balaban J connectivity index is 1.99. The standard InChI is InChI=1S/C16H20N4O/c1-11(2)18-16(21)19-13-8-9-15(17-10-13)20-14-7-5-4-6-12(14)3/h4-11H,1-3H3,(H,17,20)(H2,18,19,21). The molecule has 0 saturated carbocycles. The van der Waals surface area contributed by atoms with Gasteiger partial charge >= 0.3 is 6.03 Å². The first-order chi connectivity index (χ1) is 10.0. The number of aromatic nitrogens is 1. The van der Waals surface area contributed by atoms with E-state index in [4.69, 9.17) is 0 Å². The van der Waals surface area contributed by atoms with Crippen LogP contribution in [0.15, 0.2) is 42.6 Å². The number of nitrogens with zero attached hydrogens (tertiary/aromatic N) is 1. The van der Waals surface area contributed by atoms with Gasteiger partial charge < -0.3 is 16.0 Å². The number of carbonyl (C=O) groups is 1. The second-order valence-corrected chi connectivity index (χ2v) is 5.13. The Hall–Kier alpha value is -2.56. The lowest BCUT2D eigenvalue weighted by Gasteiger charge is -2.11. The highest BCUT2D eigenvalue weighted by Gasteiger charge is 2.04. The fraction of sp³-hybridized carbons (Fsp3) is 0.250. The van der Waals surface area contributed by atoms with Crippen LogP contribution in [-0.2, 0) is 0 Å². The fourth-order valence-electron chi connectivity index (χ4n) is 1.82. The second kappa shape index (κ2) is 6.74. The molecule has 21 heavy (non-hydrogen) atoms. The Kier molecular flexibility index (Phi) is 4.77. The molecule has 2 amide bonds. The molecule has 0 unspecified atom stereocenters. The fourth-order valence-corrected chi connectivity index (χ4v) is 1.82. The molecule has 1 aromatic carbocycles. The summed E-state index contributed by atoms with van der Waals surface area (Å²) >= 11 is 0. The van der Waals surface area contributed by atoms with Gasteiger partial charge in [-0.1, -0.05) is 18.2 Å². The predicted molar refractivity (Wildman–Crippen MR) is 86.0 cm³/mol. The van der Waals surface area contributed by atoms with Gasteiger partial charge in [0.2, 0.25) is 0 Å². The quantitative estimate of drug-likeness (QED) is 0.802. The first-order valence-electron chi connectivity index (χ1n) is 6.91. The van der Waals surface area contributed by atoms with E-state index in [9.17, 15) is 4.79 Å². The molecule has 3 N–H and O–H groups in total. The lowest BCUT2D eigenvalue weighted by atomic mass is 10.2. The number of nitrogens with one attached hydrogen (secondary N) is 3. The number of anilines is 3. The van der Waals surface area contributed by atoms with Crippen LogP contribution in [0.25, 0.3) is 0 Å². The molecule has 0 fully saturated rings. The smallest absolute Gasteiger partial charge is 0.319 e. The molecule has 0 spiro atoms. The van der Waals surface area contributed by atoms with Crippen molar-refractivity contribution in [3.05, 3.63) is 48.2 Å². The van der Waals surface area contributed by atoms with Crippen LogP contribution in [0.5, 0.6) is 0 Å². The van der Waals surface area contributed by atoms with Gasteiger partial charge in [-0.3, -0.25) is 0 Å². The molecule has 5 nitrogen and oxygen atoms in total. The van der Waals surface area contributed by atoms with E-state index in [0.29, 0.717) is 5.69 Å². The Morgan fingerprint density at radius 3 is 2.52 bits per heavy atom. The number of carbonyl (C=O) groups excluding carboxylic acids is 1. The Labute approximate surface area is 124 Å². The second-order valence-electron chi connectivity index (χ2n) is 5.13. The molecular formula is C16H20N4O. The SMILES string of the molecule is Cc1ccccc1Nc1ccc(NC(=O)NC(C)C)cn1. The maximum absolute atomic E-state index is 11.6. The minimum atomic E-state index is -0.230. The highest BCUT2D eigenvalue weighted by molar-refractivity contribution is 5.89. The number of hydrogen-bond donors (Lipinski definition) is 3. The molecule has 0 radical (unpaired) electrons. The monoisotopic (exact) mass is 284 g/mol. The summed E-state index contributed by atoms with van der Waals surface area (Å²) < 4.78 is 0. The zero-order chi connectivity index (χ0) is 15.2. The molecule has 1 aromatic heterocycles. The molecular weight excluding hydrogens is 264 g/mol. The van der Waals surface area contributed by atoms with Gasteiger partial charge in [0.05, 0.1) is 11.9 Å². The van der Waals surface area contributed by atoms with Gasteiger partial charge in [-0.05, 0) is 44.5 Å². The van der Waals surface area contributed by atoms with Gasteiger partial charge in [0.25, 0.3) is 0 Å². The zero-order valence-corrected chi connectivity index (χ0v) is 12.5. The summed E-state index contributed by atoms with van der Waals surface area (Å²) in [5.74, 6) is 0.735. The molecule has 2 rings (SSSR count). The number of pyridine rings is 1. The van der Waals surface area contributed by atoms with Gasteiger partial charge in [-0.15, -0.1) is 0 Å². The van der Waals surface area contributed by atoms with Crippen LogP contribution < -0.4 is 16.0 Å².